The topological polar surface area (TPSA) is 33.5 Å². The molecule has 0 saturated carbocycles. The Balaban J connectivity index is 0.00000384. The first-order valence-corrected chi connectivity index (χ1v) is 19.6. The molecule has 9 aromatic rings. The van der Waals surface area contributed by atoms with Crippen LogP contribution in [-0.2, 0) is 26.5 Å². The number of fused-ring (bicyclic) bond motifs is 10. The van der Waals surface area contributed by atoms with Gasteiger partial charge in [0.1, 0.15) is 5.82 Å². The molecule has 0 bridgehead atoms. The number of aromatic nitrogens is 2. The molecule has 0 spiro atoms. The van der Waals surface area contributed by atoms with E-state index in [2.05, 4.69) is 160 Å². The summed E-state index contributed by atoms with van der Waals surface area (Å²) in [7, 11) is 0. The number of benzene rings is 5. The standard InChI is InChI=1S/C46H37N4OS2.Pt/c1-45(2,3)28-22-23-47-40(24-28)50-36-26-31(18-19-32(36)33-20-21-39-41(42(33)50)34-14-7-9-16-37(34)52-39)51-30-13-11-12-29(25-30)48-27-49(46(4,5)6)44-43(48)35-15-8-10-17-38(35)53-44;/h7-24,27H,1-6H3;/q-3;. The first-order chi connectivity index (χ1) is 25.5. The largest absolute Gasteiger partial charge is 0.509 e. The van der Waals surface area contributed by atoms with Crippen LogP contribution in [0.4, 0.5) is 16.4 Å². The van der Waals surface area contributed by atoms with Gasteiger partial charge in [-0.1, -0.05) is 68.8 Å². The number of anilines is 3. The van der Waals surface area contributed by atoms with Crippen LogP contribution >= 0.6 is 22.7 Å². The Morgan fingerprint density at radius 2 is 1.41 bits per heavy atom. The summed E-state index contributed by atoms with van der Waals surface area (Å²) in [6.07, 6.45) is 1.93. The molecule has 1 aliphatic heterocycles. The molecule has 0 radical (unpaired) electrons. The van der Waals surface area contributed by atoms with Gasteiger partial charge in [0, 0.05) is 74.6 Å². The molecule has 0 saturated heterocycles. The molecule has 272 valence electrons. The minimum atomic E-state index is -0.0938. The molecular weight excluding hydrogens is 884 g/mol. The molecule has 54 heavy (non-hydrogen) atoms. The summed E-state index contributed by atoms with van der Waals surface area (Å²) in [4.78, 5) is 9.60. The molecular formula is C46H37N4OPtS2-3. The van der Waals surface area contributed by atoms with Crippen molar-refractivity contribution in [3.8, 4) is 17.3 Å². The van der Waals surface area contributed by atoms with Crippen LogP contribution in [0, 0.1) is 18.8 Å². The van der Waals surface area contributed by atoms with Crippen molar-refractivity contribution in [1.82, 2.24) is 9.55 Å². The normalized spacial score (nSPS) is 13.4. The van der Waals surface area contributed by atoms with E-state index in [1.54, 1.807) is 0 Å². The smallest absolute Gasteiger partial charge is 0.135 e. The van der Waals surface area contributed by atoms with Crippen molar-refractivity contribution in [3.05, 3.63) is 134 Å². The molecule has 5 aromatic carbocycles. The number of rotatable bonds is 4. The second-order valence-electron chi connectivity index (χ2n) is 15.8. The number of thiophene rings is 2. The summed E-state index contributed by atoms with van der Waals surface area (Å²) < 4.78 is 12.7. The Morgan fingerprint density at radius 1 is 0.685 bits per heavy atom. The van der Waals surface area contributed by atoms with Gasteiger partial charge in [0.15, 0.2) is 0 Å². The second kappa shape index (κ2) is 12.7. The van der Waals surface area contributed by atoms with Gasteiger partial charge < -0.3 is 19.1 Å². The third kappa shape index (κ3) is 5.54. The van der Waals surface area contributed by atoms with E-state index in [1.807, 2.05) is 47.1 Å². The summed E-state index contributed by atoms with van der Waals surface area (Å²) in [5, 5.41) is 7.24. The van der Waals surface area contributed by atoms with Crippen molar-refractivity contribution < 1.29 is 25.8 Å². The average Bonchev–Trinajstić information content (AvgIpc) is 3.89. The monoisotopic (exact) mass is 920 g/mol. The van der Waals surface area contributed by atoms with Crippen LogP contribution in [0.25, 0.3) is 57.9 Å². The molecule has 10 rings (SSSR count). The molecule has 1 aliphatic rings. The third-order valence-corrected chi connectivity index (χ3v) is 12.5. The van der Waals surface area contributed by atoms with Gasteiger partial charge in [-0.15, -0.1) is 64.1 Å². The fourth-order valence-electron chi connectivity index (χ4n) is 7.57. The first-order valence-electron chi connectivity index (χ1n) is 18.0. The third-order valence-electron chi connectivity index (χ3n) is 10.2. The maximum Gasteiger partial charge on any atom is 0.135 e. The summed E-state index contributed by atoms with van der Waals surface area (Å²) in [5.74, 6) is 2.12. The molecule has 0 atom stereocenters. The van der Waals surface area contributed by atoms with E-state index >= 15 is 0 Å². The number of hydrogen-bond donors (Lipinski definition) is 0. The molecule has 0 unspecified atom stereocenters. The molecule has 0 aliphatic carbocycles. The molecule has 0 fully saturated rings. The minimum absolute atomic E-state index is 0. The van der Waals surface area contributed by atoms with Crippen LogP contribution in [0.5, 0.6) is 11.5 Å². The Morgan fingerprint density at radius 3 is 2.19 bits per heavy atom. The number of pyridine rings is 1. The van der Waals surface area contributed by atoms with Crippen LogP contribution in [0.2, 0.25) is 0 Å². The van der Waals surface area contributed by atoms with Crippen molar-refractivity contribution in [2.75, 3.05) is 9.80 Å². The van der Waals surface area contributed by atoms with Crippen molar-refractivity contribution in [2.24, 2.45) is 0 Å². The number of nitrogens with zero attached hydrogens (tertiary/aromatic N) is 4. The maximum absolute atomic E-state index is 6.65. The Labute approximate surface area is 337 Å². The van der Waals surface area contributed by atoms with Crippen LogP contribution in [0.3, 0.4) is 0 Å². The fraction of sp³-hybridized carbons (Fsp3) is 0.174. The van der Waals surface area contributed by atoms with E-state index in [0.717, 1.165) is 27.9 Å². The second-order valence-corrected chi connectivity index (χ2v) is 17.9. The summed E-state index contributed by atoms with van der Waals surface area (Å²) in [6, 6.07) is 43.8. The van der Waals surface area contributed by atoms with E-state index in [9.17, 15) is 0 Å². The minimum Gasteiger partial charge on any atom is -0.509 e. The van der Waals surface area contributed by atoms with Gasteiger partial charge in [0.05, 0.1) is 16.2 Å². The van der Waals surface area contributed by atoms with Gasteiger partial charge in [0.25, 0.3) is 0 Å². The van der Waals surface area contributed by atoms with Gasteiger partial charge in [-0.25, -0.2) is 4.98 Å². The van der Waals surface area contributed by atoms with Gasteiger partial charge in [-0.3, -0.25) is 0 Å². The SMILES string of the molecule is CC(C)(C)c1ccnc(-n2c3[c-]c(Oc4[c-]c(N5[CH-]N(C(C)(C)C)c6sc7ccccc7c65)ccc4)ccc3c3ccc4sc5ccccc5c4c32)c1.[Pt]. The fourth-order valence-corrected chi connectivity index (χ4v) is 10.0. The first kappa shape index (κ1) is 35.0. The Bertz CT molecular complexity index is 2910. The van der Waals surface area contributed by atoms with E-state index in [-0.39, 0.29) is 32.0 Å². The van der Waals surface area contributed by atoms with Gasteiger partial charge >= 0.3 is 0 Å². The van der Waals surface area contributed by atoms with Crippen LogP contribution < -0.4 is 14.5 Å². The van der Waals surface area contributed by atoms with E-state index in [0.29, 0.717) is 11.5 Å². The van der Waals surface area contributed by atoms with Gasteiger partial charge in [0.2, 0.25) is 0 Å². The Hall–Kier alpha value is -4.68. The van der Waals surface area contributed by atoms with Crippen LogP contribution in [-0.4, -0.2) is 15.1 Å². The molecule has 5 heterocycles. The van der Waals surface area contributed by atoms with E-state index in [4.69, 9.17) is 9.72 Å². The quantitative estimate of drug-likeness (QED) is 0.165. The maximum atomic E-state index is 6.65. The molecule has 8 heteroatoms. The summed E-state index contributed by atoms with van der Waals surface area (Å²) >= 11 is 3.66. The van der Waals surface area contributed by atoms with E-state index in [1.165, 1.54) is 51.9 Å². The zero-order valence-electron chi connectivity index (χ0n) is 30.8. The van der Waals surface area contributed by atoms with Crippen molar-refractivity contribution in [1.29, 1.82) is 0 Å². The van der Waals surface area contributed by atoms with Crippen LogP contribution in [0.15, 0.2) is 109 Å². The molecule has 0 amide bonds. The summed E-state index contributed by atoms with van der Waals surface area (Å²) in [5.41, 5.74) is 5.27. The van der Waals surface area contributed by atoms with E-state index < -0.39 is 0 Å². The average molecular weight is 921 g/mol. The zero-order valence-corrected chi connectivity index (χ0v) is 34.7. The predicted molar refractivity (Wildman–Crippen MR) is 225 cm³/mol. The van der Waals surface area contributed by atoms with Gasteiger partial charge in [-0.2, -0.15) is 18.8 Å². The van der Waals surface area contributed by atoms with Gasteiger partial charge in [-0.05, 0) is 67.5 Å². The number of hydrogen-bond acceptors (Lipinski definition) is 6. The van der Waals surface area contributed by atoms with Crippen LogP contribution in [0.1, 0.15) is 47.1 Å². The molecule has 0 N–H and O–H groups in total. The number of ether oxygens (including phenoxy) is 1. The molecule has 5 nitrogen and oxygen atoms in total. The van der Waals surface area contributed by atoms with Crippen molar-refractivity contribution in [3.63, 3.8) is 0 Å². The Kier molecular flexibility index (Phi) is 8.24. The van der Waals surface area contributed by atoms with Crippen molar-refractivity contribution >= 4 is 91.1 Å². The molecule has 4 aromatic heterocycles. The predicted octanol–water partition coefficient (Wildman–Crippen LogP) is 13.3. The van der Waals surface area contributed by atoms with Crippen molar-refractivity contribution in [2.45, 2.75) is 52.5 Å². The summed E-state index contributed by atoms with van der Waals surface area (Å²) in [6.45, 7) is 15.7. The zero-order chi connectivity index (χ0) is 36.2.